The number of aromatic nitrogens is 3. The number of carbonyl (C=O) groups excluding carboxylic acids is 2. The van der Waals surface area contributed by atoms with Crippen LogP contribution in [0.1, 0.15) is 37.5 Å². The van der Waals surface area contributed by atoms with E-state index in [1.54, 1.807) is 9.58 Å². The first-order valence-corrected chi connectivity index (χ1v) is 8.94. The van der Waals surface area contributed by atoms with Gasteiger partial charge in [-0.3, -0.25) is 9.59 Å². The topological polar surface area (TPSA) is 77.3 Å². The highest BCUT2D eigenvalue weighted by Gasteiger charge is 2.39. The number of nitrogens with zero attached hydrogens (tertiary/aromatic N) is 4. The fourth-order valence-electron chi connectivity index (χ4n) is 3.62. The van der Waals surface area contributed by atoms with E-state index in [1.807, 2.05) is 54.6 Å². The number of ether oxygens (including phenoxy) is 1. The van der Waals surface area contributed by atoms with Gasteiger partial charge in [-0.1, -0.05) is 47.7 Å². The molecular weight excluding hydrogens is 344 g/mol. The summed E-state index contributed by atoms with van der Waals surface area (Å²) in [6.07, 6.45) is 0.781. The Morgan fingerprint density at radius 3 is 2.70 bits per heavy atom. The van der Waals surface area contributed by atoms with E-state index in [0.29, 0.717) is 12.8 Å². The predicted molar refractivity (Wildman–Crippen MR) is 98.5 cm³/mol. The van der Waals surface area contributed by atoms with Crippen molar-refractivity contribution in [2.24, 2.45) is 0 Å². The number of fused-ring (bicyclic) bond motifs is 1. The van der Waals surface area contributed by atoms with Crippen LogP contribution in [0.2, 0.25) is 0 Å². The summed E-state index contributed by atoms with van der Waals surface area (Å²) in [6, 6.07) is 16.9. The van der Waals surface area contributed by atoms with Gasteiger partial charge in [-0.05, 0) is 24.1 Å². The summed E-state index contributed by atoms with van der Waals surface area (Å²) < 4.78 is 7.09. The predicted octanol–water partition coefficient (Wildman–Crippen LogP) is 2.86. The Balaban J connectivity index is 1.74. The van der Waals surface area contributed by atoms with Gasteiger partial charge >= 0.3 is 5.97 Å². The number of hydrogen-bond acceptors (Lipinski definition) is 5. The molecule has 1 amide bonds. The third-order valence-corrected chi connectivity index (χ3v) is 4.85. The Labute approximate surface area is 156 Å². The largest absolute Gasteiger partial charge is 0.463 e. The molecular formula is C20H20N4O3. The summed E-state index contributed by atoms with van der Waals surface area (Å²) in [4.78, 5) is 26.0. The van der Waals surface area contributed by atoms with Crippen LogP contribution in [-0.2, 0) is 14.3 Å². The summed E-state index contributed by atoms with van der Waals surface area (Å²) >= 11 is 0. The number of hydrogen-bond donors (Lipinski definition) is 0. The molecule has 4 rings (SSSR count). The van der Waals surface area contributed by atoms with Gasteiger partial charge in [-0.15, -0.1) is 5.10 Å². The number of carbonyl (C=O) groups is 2. The Kier molecular flexibility index (Phi) is 4.58. The van der Waals surface area contributed by atoms with Crippen LogP contribution in [0.4, 0.5) is 0 Å². The maximum Gasteiger partial charge on any atom is 0.302 e. The van der Waals surface area contributed by atoms with Crippen LogP contribution in [0.3, 0.4) is 0 Å². The number of rotatable bonds is 5. The quantitative estimate of drug-likeness (QED) is 0.651. The molecule has 2 aromatic carbocycles. The van der Waals surface area contributed by atoms with Crippen LogP contribution in [0, 0.1) is 0 Å². The van der Waals surface area contributed by atoms with Crippen molar-refractivity contribution in [3.05, 3.63) is 60.2 Å². The van der Waals surface area contributed by atoms with Crippen LogP contribution in [0.5, 0.6) is 0 Å². The van der Waals surface area contributed by atoms with Crippen molar-refractivity contribution < 1.29 is 14.3 Å². The second-order valence-corrected chi connectivity index (χ2v) is 6.57. The van der Waals surface area contributed by atoms with Crippen LogP contribution in [-0.4, -0.2) is 38.4 Å². The van der Waals surface area contributed by atoms with E-state index in [-0.39, 0.29) is 30.7 Å². The Morgan fingerprint density at radius 1 is 1.19 bits per heavy atom. The van der Waals surface area contributed by atoms with Gasteiger partial charge in [-0.2, -0.15) is 0 Å². The van der Waals surface area contributed by atoms with Crippen molar-refractivity contribution in [2.75, 3.05) is 6.61 Å². The van der Waals surface area contributed by atoms with Crippen molar-refractivity contribution >= 4 is 22.9 Å². The molecule has 27 heavy (non-hydrogen) atoms. The maximum atomic E-state index is 12.8. The van der Waals surface area contributed by atoms with Gasteiger partial charge in [0.2, 0.25) is 5.91 Å². The molecule has 0 N–H and O–H groups in total. The van der Waals surface area contributed by atoms with Crippen LogP contribution in [0.15, 0.2) is 54.6 Å². The molecule has 2 heterocycles. The zero-order chi connectivity index (χ0) is 18.8. The molecule has 7 heteroatoms. The lowest BCUT2D eigenvalue weighted by Gasteiger charge is -2.33. The fourth-order valence-corrected chi connectivity index (χ4v) is 3.62. The van der Waals surface area contributed by atoms with Gasteiger partial charge in [0, 0.05) is 13.3 Å². The van der Waals surface area contributed by atoms with Crippen molar-refractivity contribution in [3.8, 4) is 0 Å². The van der Waals surface area contributed by atoms with Gasteiger partial charge < -0.3 is 9.64 Å². The fraction of sp³-hybridized carbons (Fsp3) is 0.300. The lowest BCUT2D eigenvalue weighted by molar-refractivity contribution is -0.147. The minimum Gasteiger partial charge on any atom is -0.463 e. The highest BCUT2D eigenvalue weighted by molar-refractivity contribution is 5.80. The smallest absolute Gasteiger partial charge is 0.302 e. The number of para-hydroxylation sites is 1. The third-order valence-electron chi connectivity index (χ3n) is 4.85. The SMILES string of the molecule is CC(=O)OCC(c1ccccc1)N1C(=O)CCC1n1nnc2ccccc21. The van der Waals surface area contributed by atoms with Crippen molar-refractivity contribution in [3.63, 3.8) is 0 Å². The standard InChI is InChI=1S/C20H20N4O3/c1-14(25)27-13-18(15-7-3-2-4-8-15)23-19(11-12-20(23)26)24-17-10-6-5-9-16(17)21-22-24/h2-10,18-19H,11-13H2,1H3. The van der Waals surface area contributed by atoms with Crippen LogP contribution in [0.25, 0.3) is 11.0 Å². The Bertz CT molecular complexity index is 970. The van der Waals surface area contributed by atoms with Crippen LogP contribution >= 0.6 is 0 Å². The highest BCUT2D eigenvalue weighted by Crippen LogP contribution is 2.37. The number of esters is 1. The van der Waals surface area contributed by atoms with E-state index in [0.717, 1.165) is 16.6 Å². The number of benzene rings is 2. The minimum absolute atomic E-state index is 0.0144. The molecule has 0 spiro atoms. The van der Waals surface area contributed by atoms with E-state index >= 15 is 0 Å². The molecule has 0 radical (unpaired) electrons. The van der Waals surface area contributed by atoms with E-state index < -0.39 is 0 Å². The van der Waals surface area contributed by atoms with Gasteiger partial charge in [0.15, 0.2) is 0 Å². The maximum absolute atomic E-state index is 12.8. The Morgan fingerprint density at radius 2 is 1.93 bits per heavy atom. The molecule has 1 fully saturated rings. The van der Waals surface area contributed by atoms with Crippen molar-refractivity contribution in [1.29, 1.82) is 0 Å². The van der Waals surface area contributed by atoms with Gasteiger partial charge in [-0.25, -0.2) is 4.68 Å². The van der Waals surface area contributed by atoms with Crippen LogP contribution < -0.4 is 0 Å². The molecule has 7 nitrogen and oxygen atoms in total. The lowest BCUT2D eigenvalue weighted by atomic mass is 10.1. The average Bonchev–Trinajstić information content (AvgIpc) is 3.26. The van der Waals surface area contributed by atoms with Crippen molar-refractivity contribution in [2.45, 2.75) is 32.0 Å². The summed E-state index contributed by atoms with van der Waals surface area (Å²) in [5.74, 6) is -0.356. The average molecular weight is 364 g/mol. The van der Waals surface area contributed by atoms with Gasteiger partial charge in [0.05, 0.1) is 11.6 Å². The van der Waals surface area contributed by atoms with E-state index in [4.69, 9.17) is 4.74 Å². The van der Waals surface area contributed by atoms with Crippen molar-refractivity contribution in [1.82, 2.24) is 19.9 Å². The summed E-state index contributed by atoms with van der Waals surface area (Å²) in [5.41, 5.74) is 2.58. The first kappa shape index (κ1) is 17.2. The van der Waals surface area contributed by atoms with Gasteiger partial charge in [0.25, 0.3) is 0 Å². The second-order valence-electron chi connectivity index (χ2n) is 6.57. The Hall–Kier alpha value is -3.22. The monoisotopic (exact) mass is 364 g/mol. The molecule has 3 aromatic rings. The number of likely N-dealkylation sites (tertiary alicyclic amines) is 1. The number of amides is 1. The zero-order valence-electron chi connectivity index (χ0n) is 15.0. The molecule has 1 aromatic heterocycles. The molecule has 2 atom stereocenters. The minimum atomic E-state index is -0.377. The molecule has 1 aliphatic rings. The highest BCUT2D eigenvalue weighted by atomic mass is 16.5. The molecule has 2 unspecified atom stereocenters. The summed E-state index contributed by atoms with van der Waals surface area (Å²) in [5, 5.41) is 8.52. The van der Waals surface area contributed by atoms with E-state index in [2.05, 4.69) is 10.3 Å². The first-order chi connectivity index (χ1) is 13.1. The molecule has 0 saturated carbocycles. The summed E-state index contributed by atoms with van der Waals surface area (Å²) in [6.45, 7) is 1.48. The van der Waals surface area contributed by atoms with E-state index in [9.17, 15) is 9.59 Å². The zero-order valence-corrected chi connectivity index (χ0v) is 15.0. The normalized spacial score (nSPS) is 18.0. The van der Waals surface area contributed by atoms with E-state index in [1.165, 1.54) is 6.92 Å². The molecule has 0 bridgehead atoms. The summed E-state index contributed by atoms with van der Waals surface area (Å²) in [7, 11) is 0. The molecule has 0 aliphatic carbocycles. The first-order valence-electron chi connectivity index (χ1n) is 8.94. The second kappa shape index (κ2) is 7.19. The lowest BCUT2D eigenvalue weighted by Crippen LogP contribution is -2.37. The van der Waals surface area contributed by atoms with Gasteiger partial charge in [0.1, 0.15) is 18.3 Å². The molecule has 1 saturated heterocycles. The molecule has 1 aliphatic heterocycles. The molecule has 138 valence electrons. The third kappa shape index (κ3) is 3.28.